The number of hydrogen-bond acceptors (Lipinski definition) is 5. The first-order chi connectivity index (χ1) is 18.1. The molecule has 0 radical (unpaired) electrons. The summed E-state index contributed by atoms with van der Waals surface area (Å²) >= 11 is 0. The summed E-state index contributed by atoms with van der Waals surface area (Å²) in [6, 6.07) is 23.3. The van der Waals surface area contributed by atoms with E-state index in [0.717, 1.165) is 12.3 Å². The third-order valence-corrected chi connectivity index (χ3v) is 11.3. The molecular formula is C31H42N2O4S. The minimum absolute atomic E-state index is 0.0152. The van der Waals surface area contributed by atoms with Crippen molar-refractivity contribution < 1.29 is 17.8 Å². The van der Waals surface area contributed by atoms with Crippen LogP contribution in [0.3, 0.4) is 0 Å². The van der Waals surface area contributed by atoms with Gasteiger partial charge in [0.1, 0.15) is 5.78 Å². The van der Waals surface area contributed by atoms with E-state index >= 15 is 0 Å². The molecule has 4 atom stereocenters. The standard InChI is InChI=1S/C21H26N2.C10H16O4S/c1-22-20-18-12-14-23(15-13-18)21(20)19(16-8-4-2-5-9-16)17-10-6-3-7-11-17;1-9(2)7-3-4-10(9,8(11)5-7)6-15(12,13)14/h2-11,18-22H,12-15H2,1H3;7H,3-6H2,1-2H3,(H,12,13,14)/t20-,21-;7?,10-/m00/s1. The highest BCUT2D eigenvalue weighted by Gasteiger charge is 2.65. The van der Waals surface area contributed by atoms with Crippen LogP contribution in [0.15, 0.2) is 60.7 Å². The molecule has 3 heterocycles. The van der Waals surface area contributed by atoms with E-state index in [0.29, 0.717) is 30.8 Å². The zero-order valence-electron chi connectivity index (χ0n) is 22.8. The molecule has 2 aromatic rings. The SMILES string of the molecule is CC1(C)C2CC[C@]1(CS(=O)(=O)O)C(=O)C2.CN[C@H]1C2CCN(CC2)[C@H]1C(c1ccccc1)c1ccccc1. The lowest BCUT2D eigenvalue weighted by atomic mass is 9.70. The average Bonchev–Trinajstić information content (AvgIpc) is 3.24. The average molecular weight is 539 g/mol. The molecule has 0 spiro atoms. The molecule has 3 aliphatic heterocycles. The zero-order chi connectivity index (χ0) is 27.1. The second kappa shape index (κ2) is 10.5. The molecule has 4 bridgehead atoms. The number of piperidine rings is 3. The molecule has 5 fully saturated rings. The summed E-state index contributed by atoms with van der Waals surface area (Å²) in [7, 11) is -1.93. The van der Waals surface area contributed by atoms with E-state index in [2.05, 4.69) is 77.9 Å². The fraction of sp³-hybridized carbons (Fsp3) is 0.581. The minimum Gasteiger partial charge on any atom is -0.315 e. The van der Waals surface area contributed by atoms with Crippen molar-refractivity contribution in [3.63, 3.8) is 0 Å². The zero-order valence-corrected chi connectivity index (χ0v) is 23.7. The van der Waals surface area contributed by atoms with E-state index in [1.54, 1.807) is 0 Å². The van der Waals surface area contributed by atoms with Gasteiger partial charge in [0.15, 0.2) is 0 Å². The molecule has 7 rings (SSSR count). The van der Waals surface area contributed by atoms with Crippen LogP contribution in [0, 0.1) is 22.7 Å². The van der Waals surface area contributed by atoms with Crippen molar-refractivity contribution in [3.05, 3.63) is 71.8 Å². The van der Waals surface area contributed by atoms with Crippen molar-refractivity contribution in [3.8, 4) is 0 Å². The first-order valence-electron chi connectivity index (χ1n) is 14.1. The molecule has 206 valence electrons. The Morgan fingerprint density at radius 2 is 1.53 bits per heavy atom. The Labute approximate surface area is 228 Å². The number of nitrogens with zero attached hydrogens (tertiary/aromatic N) is 1. The Morgan fingerprint density at radius 1 is 0.974 bits per heavy atom. The van der Waals surface area contributed by atoms with E-state index in [9.17, 15) is 13.2 Å². The third-order valence-electron chi connectivity index (χ3n) is 10.4. The number of benzene rings is 2. The normalized spacial score (nSPS) is 33.3. The van der Waals surface area contributed by atoms with Gasteiger partial charge in [0.05, 0.1) is 11.2 Å². The fourth-order valence-corrected chi connectivity index (χ4v) is 9.53. The molecule has 6 nitrogen and oxygen atoms in total. The third kappa shape index (κ3) is 4.87. The molecule has 38 heavy (non-hydrogen) atoms. The van der Waals surface area contributed by atoms with Crippen molar-refractivity contribution in [2.75, 3.05) is 25.9 Å². The van der Waals surface area contributed by atoms with Gasteiger partial charge in [-0.1, -0.05) is 74.5 Å². The van der Waals surface area contributed by atoms with Gasteiger partial charge < -0.3 is 5.32 Å². The fourth-order valence-electron chi connectivity index (χ4n) is 8.23. The highest BCUT2D eigenvalue weighted by Crippen LogP contribution is 2.64. The number of carbonyl (C=O) groups excluding carboxylic acids is 1. The first-order valence-corrected chi connectivity index (χ1v) is 15.7. The lowest BCUT2D eigenvalue weighted by Gasteiger charge is -2.54. The number of rotatable bonds is 6. The van der Waals surface area contributed by atoms with E-state index in [4.69, 9.17) is 4.55 Å². The molecule has 7 heteroatoms. The molecule has 3 saturated heterocycles. The topological polar surface area (TPSA) is 86.7 Å². The van der Waals surface area contributed by atoms with Crippen LogP contribution in [0.5, 0.6) is 0 Å². The largest absolute Gasteiger partial charge is 0.315 e. The van der Waals surface area contributed by atoms with E-state index in [1.165, 1.54) is 37.1 Å². The van der Waals surface area contributed by atoms with E-state index < -0.39 is 21.3 Å². The highest BCUT2D eigenvalue weighted by molar-refractivity contribution is 7.85. The van der Waals surface area contributed by atoms with Crippen LogP contribution in [0.2, 0.25) is 0 Å². The van der Waals surface area contributed by atoms with Gasteiger partial charge in [-0.3, -0.25) is 14.2 Å². The van der Waals surface area contributed by atoms with Crippen LogP contribution in [-0.4, -0.2) is 61.6 Å². The summed E-state index contributed by atoms with van der Waals surface area (Å²) in [6.45, 7) is 6.40. The predicted octanol–water partition coefficient (Wildman–Crippen LogP) is 4.77. The van der Waals surface area contributed by atoms with Crippen LogP contribution in [-0.2, 0) is 14.9 Å². The minimum atomic E-state index is -4.08. The Kier molecular flexibility index (Phi) is 7.59. The molecule has 2 N–H and O–H groups in total. The van der Waals surface area contributed by atoms with Crippen LogP contribution in [0.25, 0.3) is 0 Å². The molecule has 2 aliphatic carbocycles. The monoisotopic (exact) mass is 538 g/mol. The van der Waals surface area contributed by atoms with Gasteiger partial charge in [-0.2, -0.15) is 8.42 Å². The van der Waals surface area contributed by atoms with Crippen LogP contribution in [0.1, 0.15) is 63.0 Å². The van der Waals surface area contributed by atoms with Gasteiger partial charge in [-0.15, -0.1) is 0 Å². The first kappa shape index (κ1) is 27.5. The molecule has 5 aliphatic rings. The van der Waals surface area contributed by atoms with Crippen molar-refractivity contribution in [2.45, 2.75) is 64.0 Å². The maximum absolute atomic E-state index is 11.9. The number of fused-ring (bicyclic) bond motifs is 5. The molecular weight excluding hydrogens is 496 g/mol. The summed E-state index contributed by atoms with van der Waals surface area (Å²) in [5.74, 6) is 1.17. The van der Waals surface area contributed by atoms with Crippen molar-refractivity contribution >= 4 is 15.9 Å². The van der Waals surface area contributed by atoms with Gasteiger partial charge in [-0.05, 0) is 74.2 Å². The van der Waals surface area contributed by atoms with Gasteiger partial charge in [-0.25, -0.2) is 0 Å². The van der Waals surface area contributed by atoms with Crippen LogP contribution >= 0.6 is 0 Å². The number of nitrogens with one attached hydrogen (secondary N) is 1. The van der Waals surface area contributed by atoms with Gasteiger partial charge >= 0.3 is 0 Å². The Bertz CT molecular complexity index is 1190. The molecule has 1 unspecified atom stereocenters. The van der Waals surface area contributed by atoms with Crippen molar-refractivity contribution in [1.82, 2.24) is 10.2 Å². The number of hydrogen-bond donors (Lipinski definition) is 2. The predicted molar refractivity (Wildman–Crippen MR) is 151 cm³/mol. The summed E-state index contributed by atoms with van der Waals surface area (Å²) in [4.78, 5) is 14.6. The van der Waals surface area contributed by atoms with Gasteiger partial charge in [0, 0.05) is 24.4 Å². The molecule has 2 aromatic carbocycles. The maximum atomic E-state index is 11.9. The Balaban J connectivity index is 0.000000170. The molecule has 0 aromatic heterocycles. The van der Waals surface area contributed by atoms with E-state index in [-0.39, 0.29) is 17.1 Å². The number of carbonyl (C=O) groups is 1. The van der Waals surface area contributed by atoms with Gasteiger partial charge in [0.25, 0.3) is 10.1 Å². The molecule has 2 saturated carbocycles. The van der Waals surface area contributed by atoms with Crippen LogP contribution in [0.4, 0.5) is 0 Å². The van der Waals surface area contributed by atoms with Crippen molar-refractivity contribution in [2.24, 2.45) is 22.7 Å². The second-order valence-corrected chi connectivity index (χ2v) is 13.8. The quantitative estimate of drug-likeness (QED) is 0.516. The maximum Gasteiger partial charge on any atom is 0.265 e. The lowest BCUT2D eigenvalue weighted by molar-refractivity contribution is -0.128. The number of ketones is 1. The highest BCUT2D eigenvalue weighted by atomic mass is 32.2. The number of likely N-dealkylation sites (N-methyl/N-ethyl adjacent to an activating group) is 1. The van der Waals surface area contributed by atoms with Gasteiger partial charge in [0.2, 0.25) is 0 Å². The summed E-state index contributed by atoms with van der Waals surface area (Å²) < 4.78 is 31.0. The summed E-state index contributed by atoms with van der Waals surface area (Å²) in [6.07, 6.45) is 4.66. The van der Waals surface area contributed by atoms with E-state index in [1.807, 2.05) is 13.8 Å². The molecule has 0 amide bonds. The number of Topliss-reactive ketones (excluding diaryl/α,β-unsaturated/α-hetero) is 1. The Morgan fingerprint density at radius 3 is 1.95 bits per heavy atom. The summed E-state index contributed by atoms with van der Waals surface area (Å²) in [5.41, 5.74) is 1.76. The lowest BCUT2D eigenvalue weighted by Crippen LogP contribution is -2.64. The van der Waals surface area contributed by atoms with Crippen molar-refractivity contribution in [1.29, 1.82) is 0 Å². The second-order valence-electron chi connectivity index (χ2n) is 12.4. The Hall–Kier alpha value is -2.06. The summed E-state index contributed by atoms with van der Waals surface area (Å²) in [5, 5.41) is 3.66. The van der Waals surface area contributed by atoms with Crippen LogP contribution < -0.4 is 5.32 Å². The smallest absolute Gasteiger partial charge is 0.265 e.